The van der Waals surface area contributed by atoms with Gasteiger partial charge in [0.25, 0.3) is 0 Å². The van der Waals surface area contributed by atoms with Gasteiger partial charge in [0.15, 0.2) is 0 Å². The zero-order valence-corrected chi connectivity index (χ0v) is 25.0. The number of hydrogen-bond acceptors (Lipinski definition) is 5. The highest BCUT2D eigenvalue weighted by Gasteiger charge is 2.44. The van der Waals surface area contributed by atoms with E-state index in [2.05, 4.69) is 16.6 Å². The van der Waals surface area contributed by atoms with Gasteiger partial charge in [-0.1, -0.05) is 31.0 Å². The second kappa shape index (κ2) is 13.2. The molecule has 2 unspecified atom stereocenters. The zero-order valence-electron chi connectivity index (χ0n) is 24.2. The summed E-state index contributed by atoms with van der Waals surface area (Å²) in [6, 6.07) is 5.26. The third-order valence-corrected chi connectivity index (χ3v) is 6.41. The number of alkyl carbamates (subject to hydrolysis) is 1. The summed E-state index contributed by atoms with van der Waals surface area (Å²) in [5.41, 5.74) is -0.922. The van der Waals surface area contributed by atoms with Gasteiger partial charge in [-0.25, -0.2) is 4.79 Å². The number of benzene rings is 1. The number of nitrogens with one attached hydrogen (secondary N) is 2. The Labute approximate surface area is 227 Å². The fraction of sp³-hybridized carbons (Fsp3) is 0.621. The fourth-order valence-corrected chi connectivity index (χ4v) is 4.23. The Morgan fingerprint density at radius 2 is 1.68 bits per heavy atom. The quantitative estimate of drug-likeness (QED) is 0.401. The van der Waals surface area contributed by atoms with Gasteiger partial charge in [-0.15, -0.1) is 6.42 Å². The summed E-state index contributed by atoms with van der Waals surface area (Å²) >= 11 is 1.57. The van der Waals surface area contributed by atoms with E-state index >= 15 is 0 Å². The SMILES string of the molecule is C#Cc1ccccc1C(C(=O)NC(C)(C)C)N(C(=O)C(CCSC)NC(=O)OC(C)(C)C)C(C)(C)CC. The minimum Gasteiger partial charge on any atom is -0.444 e. The van der Waals surface area contributed by atoms with Crippen molar-refractivity contribution in [3.63, 3.8) is 0 Å². The lowest BCUT2D eigenvalue weighted by molar-refractivity contribution is -0.150. The predicted octanol–water partition coefficient (Wildman–Crippen LogP) is 5.29. The summed E-state index contributed by atoms with van der Waals surface area (Å²) < 4.78 is 5.45. The van der Waals surface area contributed by atoms with E-state index in [0.717, 1.165) is 0 Å². The topological polar surface area (TPSA) is 87.7 Å². The summed E-state index contributed by atoms with van der Waals surface area (Å²) in [5, 5.41) is 5.81. The first-order valence-corrected chi connectivity index (χ1v) is 14.1. The van der Waals surface area contributed by atoms with E-state index in [1.165, 1.54) is 0 Å². The fourth-order valence-electron chi connectivity index (χ4n) is 3.76. The lowest BCUT2D eigenvalue weighted by Gasteiger charge is -2.45. The Balaban J connectivity index is 3.74. The molecular formula is C29H45N3O4S. The second-order valence-corrected chi connectivity index (χ2v) is 12.7. The van der Waals surface area contributed by atoms with E-state index in [1.807, 2.05) is 47.8 Å². The molecule has 0 spiro atoms. The minimum absolute atomic E-state index is 0.342. The van der Waals surface area contributed by atoms with Gasteiger partial charge >= 0.3 is 6.09 Å². The number of carbonyl (C=O) groups is 3. The van der Waals surface area contributed by atoms with Gasteiger partial charge in [-0.2, -0.15) is 11.8 Å². The molecule has 0 saturated carbocycles. The van der Waals surface area contributed by atoms with Gasteiger partial charge in [0.05, 0.1) is 0 Å². The van der Waals surface area contributed by atoms with Crippen LogP contribution in [0, 0.1) is 12.3 Å². The third kappa shape index (κ3) is 9.96. The van der Waals surface area contributed by atoms with Crippen LogP contribution in [0.5, 0.6) is 0 Å². The van der Waals surface area contributed by atoms with Gasteiger partial charge in [-0.05, 0) is 91.9 Å². The molecular weight excluding hydrogens is 486 g/mol. The summed E-state index contributed by atoms with van der Waals surface area (Å²) in [6.45, 7) is 16.8. The summed E-state index contributed by atoms with van der Waals surface area (Å²) in [6.07, 6.45) is 8.02. The number of thioether (sulfide) groups is 1. The van der Waals surface area contributed by atoms with Crippen molar-refractivity contribution in [3.8, 4) is 12.3 Å². The standard InChI is InChI=1S/C29H45N3O4S/c1-12-20-16-14-15-17-21(20)23(24(33)31-27(3,4)5)32(29(9,10)13-2)25(34)22(18-19-37-11)30-26(35)36-28(6,7)8/h1,14-17,22-23H,13,18-19H2,2-11H3,(H,30,35)(H,31,33). The van der Waals surface area contributed by atoms with E-state index in [1.54, 1.807) is 61.7 Å². The van der Waals surface area contributed by atoms with E-state index in [-0.39, 0.29) is 11.8 Å². The molecule has 2 atom stereocenters. The van der Waals surface area contributed by atoms with Gasteiger partial charge in [0.1, 0.15) is 17.7 Å². The molecule has 0 aliphatic rings. The van der Waals surface area contributed by atoms with Crippen molar-refractivity contribution in [1.29, 1.82) is 0 Å². The van der Waals surface area contributed by atoms with Crippen LogP contribution in [-0.4, -0.2) is 57.5 Å². The molecule has 0 bridgehead atoms. The smallest absolute Gasteiger partial charge is 0.408 e. The van der Waals surface area contributed by atoms with Crippen molar-refractivity contribution in [1.82, 2.24) is 15.5 Å². The first kappa shape index (κ1) is 32.4. The normalized spacial score (nSPS) is 13.6. The van der Waals surface area contributed by atoms with Crippen molar-refractivity contribution >= 4 is 29.7 Å². The van der Waals surface area contributed by atoms with Crippen molar-refractivity contribution < 1.29 is 19.1 Å². The predicted molar refractivity (Wildman–Crippen MR) is 152 cm³/mol. The molecule has 0 aliphatic heterocycles. The maximum absolute atomic E-state index is 14.4. The van der Waals surface area contributed by atoms with Crippen LogP contribution in [0.3, 0.4) is 0 Å². The molecule has 206 valence electrons. The largest absolute Gasteiger partial charge is 0.444 e. The Bertz CT molecular complexity index is 986. The highest BCUT2D eigenvalue weighted by atomic mass is 32.2. The third-order valence-electron chi connectivity index (χ3n) is 5.77. The van der Waals surface area contributed by atoms with Crippen molar-refractivity contribution in [2.45, 2.75) is 104 Å². The zero-order chi connectivity index (χ0) is 28.6. The second-order valence-electron chi connectivity index (χ2n) is 11.7. The van der Waals surface area contributed by atoms with E-state index in [0.29, 0.717) is 29.7 Å². The Morgan fingerprint density at radius 3 is 2.16 bits per heavy atom. The van der Waals surface area contributed by atoms with E-state index < -0.39 is 34.9 Å². The molecule has 2 N–H and O–H groups in total. The maximum atomic E-state index is 14.4. The molecule has 3 amide bonds. The van der Waals surface area contributed by atoms with Crippen molar-refractivity contribution in [3.05, 3.63) is 35.4 Å². The van der Waals surface area contributed by atoms with Crippen LogP contribution in [0.1, 0.15) is 92.3 Å². The molecule has 0 saturated heterocycles. The van der Waals surface area contributed by atoms with E-state index in [9.17, 15) is 14.4 Å². The number of amides is 3. The first-order chi connectivity index (χ1) is 17.0. The lowest BCUT2D eigenvalue weighted by atomic mass is 9.89. The van der Waals surface area contributed by atoms with Crippen LogP contribution < -0.4 is 10.6 Å². The van der Waals surface area contributed by atoms with Gasteiger partial charge in [0, 0.05) is 16.6 Å². The lowest BCUT2D eigenvalue weighted by Crippen LogP contribution is -2.60. The molecule has 0 heterocycles. The molecule has 37 heavy (non-hydrogen) atoms. The van der Waals surface area contributed by atoms with Crippen LogP contribution >= 0.6 is 11.8 Å². The van der Waals surface area contributed by atoms with E-state index in [4.69, 9.17) is 11.2 Å². The minimum atomic E-state index is -1.01. The number of hydrogen-bond donors (Lipinski definition) is 2. The summed E-state index contributed by atoms with van der Waals surface area (Å²) in [4.78, 5) is 42.6. The van der Waals surface area contributed by atoms with Gasteiger partial charge in [0.2, 0.25) is 11.8 Å². The van der Waals surface area contributed by atoms with Crippen LogP contribution in [-0.2, 0) is 14.3 Å². The monoisotopic (exact) mass is 531 g/mol. The summed E-state index contributed by atoms with van der Waals surface area (Å²) in [5.74, 6) is 2.59. The number of terminal acetylenes is 1. The highest BCUT2D eigenvalue weighted by Crippen LogP contribution is 2.34. The van der Waals surface area contributed by atoms with Crippen LogP contribution in [0.2, 0.25) is 0 Å². The highest BCUT2D eigenvalue weighted by molar-refractivity contribution is 7.98. The molecule has 0 aromatic heterocycles. The maximum Gasteiger partial charge on any atom is 0.408 e. The molecule has 0 aliphatic carbocycles. The van der Waals surface area contributed by atoms with Gasteiger partial charge in [-0.3, -0.25) is 9.59 Å². The average molecular weight is 532 g/mol. The number of ether oxygens (including phenoxy) is 1. The Kier molecular flexibility index (Phi) is 11.6. The van der Waals surface area contributed by atoms with Crippen LogP contribution in [0.25, 0.3) is 0 Å². The summed E-state index contributed by atoms with van der Waals surface area (Å²) in [7, 11) is 0. The molecule has 8 heteroatoms. The Morgan fingerprint density at radius 1 is 1.08 bits per heavy atom. The molecule has 0 fully saturated rings. The van der Waals surface area contributed by atoms with Crippen molar-refractivity contribution in [2.75, 3.05) is 12.0 Å². The number of carbonyl (C=O) groups excluding carboxylic acids is 3. The molecule has 1 rings (SSSR count). The molecule has 7 nitrogen and oxygen atoms in total. The first-order valence-electron chi connectivity index (χ1n) is 12.7. The van der Waals surface area contributed by atoms with Gasteiger partial charge < -0.3 is 20.3 Å². The van der Waals surface area contributed by atoms with Crippen molar-refractivity contribution in [2.24, 2.45) is 0 Å². The molecule has 0 radical (unpaired) electrons. The number of nitrogens with zero attached hydrogens (tertiary/aromatic N) is 1. The number of rotatable bonds is 10. The average Bonchev–Trinajstić information content (AvgIpc) is 2.77. The van der Waals surface area contributed by atoms with Crippen LogP contribution in [0.4, 0.5) is 4.79 Å². The molecule has 1 aromatic rings. The van der Waals surface area contributed by atoms with Crippen LogP contribution in [0.15, 0.2) is 24.3 Å². The Hall–Kier alpha value is -2.66. The molecule has 1 aromatic carbocycles.